The van der Waals surface area contributed by atoms with Crippen molar-refractivity contribution < 1.29 is 30.3 Å². The first-order valence-electron chi connectivity index (χ1n) is 10.6. The Morgan fingerprint density at radius 1 is 0.765 bits per heavy atom. The first-order chi connectivity index (χ1) is 15.8. The molecule has 0 spiro atoms. The number of anilines is 1. The highest BCUT2D eigenvalue weighted by molar-refractivity contribution is 6.58. The Kier molecular flexibility index (Phi) is 14.1. The molecule has 0 radical (unpaired) electrons. The highest BCUT2D eigenvalue weighted by Gasteiger charge is 2.20. The first-order valence-corrected chi connectivity index (χ1v) is 11.0. The molecular weight excluding hydrogens is 465 g/mol. The van der Waals surface area contributed by atoms with Crippen molar-refractivity contribution in [1.29, 1.82) is 0 Å². The highest BCUT2D eigenvalue weighted by atomic mass is 35.5. The molecule has 7 N–H and O–H groups in total. The molecule has 0 amide bonds. The lowest BCUT2D eigenvalue weighted by molar-refractivity contribution is 0.137. The summed E-state index contributed by atoms with van der Waals surface area (Å²) in [5.41, 5.74) is 0.505. The maximum atomic E-state index is 9.36. The molecule has 2 aromatic rings. The molecule has 0 aromatic carbocycles. The summed E-state index contributed by atoms with van der Waals surface area (Å²) in [4.78, 5) is 17.2. The molecular formula is C19H33B2ClN6O6. The molecule has 12 nitrogen and oxygen atoms in total. The van der Waals surface area contributed by atoms with Crippen LogP contribution in [0.1, 0.15) is 33.1 Å². The number of hydrogen-bond acceptors (Lipinski definition) is 12. The standard InChI is InChI=1S/C9H14BN3O3.C5H11NO.C4H4BClN2O2.CH4/c14-8-1-3-13(4-2-8)9-11-5-7(6-12-9)10(15)16;7-5-1-3-6-4-2-5;6-4-7-1-3(2-8-4)5(9)10;/h5-6,8,14-16H,1-4H2;5-7H,1-4H2;1-2,9-10H;1H4. The average molecular weight is 499 g/mol. The second-order valence-electron chi connectivity index (χ2n) is 7.55. The Balaban J connectivity index is 0.000000275. The average Bonchev–Trinajstić information content (AvgIpc) is 2.81. The van der Waals surface area contributed by atoms with Crippen LogP contribution in [0.25, 0.3) is 0 Å². The van der Waals surface area contributed by atoms with E-state index >= 15 is 0 Å². The number of aliphatic hydroxyl groups is 2. The zero-order chi connectivity index (χ0) is 24.2. The van der Waals surface area contributed by atoms with Gasteiger partial charge in [0.1, 0.15) is 0 Å². The summed E-state index contributed by atoms with van der Waals surface area (Å²) >= 11 is 5.33. The molecule has 2 fully saturated rings. The molecule has 34 heavy (non-hydrogen) atoms. The quantitative estimate of drug-likeness (QED) is 0.172. The minimum Gasteiger partial charge on any atom is -0.423 e. The van der Waals surface area contributed by atoms with Crippen LogP contribution in [0.15, 0.2) is 24.8 Å². The topological polar surface area (TPSA) is 188 Å². The maximum Gasteiger partial charge on any atom is 0.491 e. The van der Waals surface area contributed by atoms with E-state index in [0.29, 0.717) is 18.8 Å². The van der Waals surface area contributed by atoms with Gasteiger partial charge in [0.25, 0.3) is 0 Å². The van der Waals surface area contributed by atoms with Crippen LogP contribution in [-0.2, 0) is 0 Å². The number of aliphatic hydroxyl groups excluding tert-OH is 2. The number of piperidine rings is 2. The first kappa shape index (κ1) is 30.1. The van der Waals surface area contributed by atoms with Crippen molar-refractivity contribution in [1.82, 2.24) is 25.3 Å². The van der Waals surface area contributed by atoms with Crippen molar-refractivity contribution in [3.05, 3.63) is 30.1 Å². The van der Waals surface area contributed by atoms with Crippen molar-refractivity contribution in [2.45, 2.75) is 45.3 Å². The van der Waals surface area contributed by atoms with Gasteiger partial charge in [0.2, 0.25) is 11.2 Å². The monoisotopic (exact) mass is 498 g/mol. The highest BCUT2D eigenvalue weighted by Crippen LogP contribution is 2.14. The van der Waals surface area contributed by atoms with Crippen molar-refractivity contribution in [3.63, 3.8) is 0 Å². The molecule has 4 heterocycles. The van der Waals surface area contributed by atoms with E-state index in [1.165, 1.54) is 24.8 Å². The summed E-state index contributed by atoms with van der Waals surface area (Å²) in [7, 11) is -3.06. The number of nitrogens with zero attached hydrogens (tertiary/aromatic N) is 5. The van der Waals surface area contributed by atoms with Gasteiger partial charge in [-0.3, -0.25) is 0 Å². The number of rotatable bonds is 3. The van der Waals surface area contributed by atoms with Crippen molar-refractivity contribution in [2.24, 2.45) is 0 Å². The van der Waals surface area contributed by atoms with E-state index < -0.39 is 14.2 Å². The van der Waals surface area contributed by atoms with Gasteiger partial charge in [-0.25, -0.2) is 19.9 Å². The summed E-state index contributed by atoms with van der Waals surface area (Å²) < 4.78 is 0. The van der Waals surface area contributed by atoms with E-state index in [2.05, 4.69) is 25.3 Å². The van der Waals surface area contributed by atoms with E-state index in [9.17, 15) is 5.11 Å². The van der Waals surface area contributed by atoms with Gasteiger partial charge in [-0.2, -0.15) is 0 Å². The lowest BCUT2D eigenvalue weighted by Crippen LogP contribution is -2.38. The van der Waals surface area contributed by atoms with Gasteiger partial charge < -0.3 is 40.5 Å². The number of aromatic nitrogens is 4. The molecule has 0 saturated carbocycles. The molecule has 0 unspecified atom stereocenters. The third-order valence-corrected chi connectivity index (χ3v) is 5.15. The zero-order valence-corrected chi connectivity index (χ0v) is 18.8. The summed E-state index contributed by atoms with van der Waals surface area (Å²) in [5, 5.41) is 56.3. The molecule has 15 heteroatoms. The van der Waals surface area contributed by atoms with Gasteiger partial charge >= 0.3 is 14.2 Å². The molecule has 4 rings (SSSR count). The fourth-order valence-corrected chi connectivity index (χ4v) is 3.05. The van der Waals surface area contributed by atoms with Gasteiger partial charge in [0.15, 0.2) is 0 Å². The summed E-state index contributed by atoms with van der Waals surface area (Å²) in [6.07, 6.45) is 8.34. The third kappa shape index (κ3) is 11.0. The second kappa shape index (κ2) is 15.9. The van der Waals surface area contributed by atoms with Crippen LogP contribution in [0.2, 0.25) is 5.28 Å². The lowest BCUT2D eigenvalue weighted by Gasteiger charge is -2.29. The molecule has 2 saturated heterocycles. The Morgan fingerprint density at radius 2 is 1.18 bits per heavy atom. The van der Waals surface area contributed by atoms with Gasteiger partial charge in [-0.05, 0) is 50.4 Å². The third-order valence-electron chi connectivity index (χ3n) is 4.95. The van der Waals surface area contributed by atoms with Crippen molar-refractivity contribution in [3.8, 4) is 0 Å². The largest absolute Gasteiger partial charge is 0.491 e. The second-order valence-corrected chi connectivity index (χ2v) is 7.89. The number of nitrogens with one attached hydrogen (secondary N) is 1. The van der Waals surface area contributed by atoms with E-state index in [-0.39, 0.29) is 35.8 Å². The summed E-state index contributed by atoms with van der Waals surface area (Å²) in [6.45, 7) is 3.42. The van der Waals surface area contributed by atoms with E-state index in [1.807, 2.05) is 4.90 Å². The van der Waals surface area contributed by atoms with Gasteiger partial charge in [-0.15, -0.1) is 0 Å². The van der Waals surface area contributed by atoms with Crippen LogP contribution in [-0.4, -0.2) is 103 Å². The fraction of sp³-hybridized carbons (Fsp3) is 0.579. The van der Waals surface area contributed by atoms with Crippen molar-refractivity contribution in [2.75, 3.05) is 31.1 Å². The zero-order valence-electron chi connectivity index (χ0n) is 18.1. The molecule has 2 aromatic heterocycles. The minimum atomic E-state index is -1.53. The smallest absolute Gasteiger partial charge is 0.423 e. The Morgan fingerprint density at radius 3 is 1.56 bits per heavy atom. The van der Waals surface area contributed by atoms with E-state index in [4.69, 9.17) is 36.8 Å². The normalized spacial score (nSPS) is 16.3. The van der Waals surface area contributed by atoms with Gasteiger partial charge in [-0.1, -0.05) is 7.43 Å². The molecule has 188 valence electrons. The summed E-state index contributed by atoms with van der Waals surface area (Å²) in [6, 6.07) is 0. The van der Waals surface area contributed by atoms with Crippen LogP contribution in [0.5, 0.6) is 0 Å². The van der Waals surface area contributed by atoms with Gasteiger partial charge in [0.05, 0.1) is 12.2 Å². The number of hydrogen-bond donors (Lipinski definition) is 7. The molecule has 0 atom stereocenters. The Labute approximate surface area is 205 Å². The lowest BCUT2D eigenvalue weighted by atomic mass is 9.83. The summed E-state index contributed by atoms with van der Waals surface area (Å²) in [5.74, 6) is 0.566. The van der Waals surface area contributed by atoms with E-state index in [1.54, 1.807) is 0 Å². The molecule has 0 bridgehead atoms. The Bertz CT molecular complexity index is 795. The van der Waals surface area contributed by atoms with Crippen LogP contribution in [0.4, 0.5) is 5.95 Å². The predicted octanol–water partition coefficient (Wildman–Crippen LogP) is -2.71. The predicted molar refractivity (Wildman–Crippen MR) is 131 cm³/mol. The van der Waals surface area contributed by atoms with Crippen molar-refractivity contribution >= 4 is 42.7 Å². The van der Waals surface area contributed by atoms with Gasteiger partial charge in [0, 0.05) is 48.8 Å². The SMILES string of the molecule is C.OB(O)c1cnc(Cl)nc1.OB(O)c1cnc(N2CCC(O)CC2)nc1.OC1CCNCC1. The maximum absolute atomic E-state index is 9.36. The molecule has 0 aliphatic carbocycles. The van der Waals surface area contributed by atoms with Crippen LogP contribution < -0.4 is 21.1 Å². The minimum absolute atomic E-state index is 0. The number of halogens is 1. The molecule has 2 aliphatic rings. The van der Waals surface area contributed by atoms with Crippen LogP contribution in [0.3, 0.4) is 0 Å². The fourth-order valence-electron chi connectivity index (χ4n) is 2.96. The van der Waals surface area contributed by atoms with E-state index in [0.717, 1.165) is 39.0 Å². The van der Waals surface area contributed by atoms with Crippen LogP contribution >= 0.6 is 11.6 Å². The Hall–Kier alpha value is -1.90. The van der Waals surface area contributed by atoms with Crippen LogP contribution in [0, 0.1) is 0 Å². The molecule has 2 aliphatic heterocycles.